The van der Waals surface area contributed by atoms with Crippen LogP contribution in [0.5, 0.6) is 0 Å². The first-order valence-electron chi connectivity index (χ1n) is 5.12. The monoisotopic (exact) mass is 214 g/mol. The van der Waals surface area contributed by atoms with Crippen molar-refractivity contribution in [2.75, 3.05) is 5.73 Å². The zero-order valence-corrected chi connectivity index (χ0v) is 8.88. The number of nitrogen functional groups attached to an aromatic ring is 1. The molecule has 2 rings (SSSR count). The van der Waals surface area contributed by atoms with E-state index < -0.39 is 0 Å². The molecule has 2 aromatic rings. The quantitative estimate of drug-likeness (QED) is 0.807. The van der Waals surface area contributed by atoms with Gasteiger partial charge >= 0.3 is 0 Å². The van der Waals surface area contributed by atoms with Crippen LogP contribution in [0, 0.1) is 0 Å². The lowest BCUT2D eigenvalue weighted by Crippen LogP contribution is -2.15. The molecule has 0 fully saturated rings. The number of hydrogen-bond donors (Lipinski definition) is 2. The minimum absolute atomic E-state index is 0.129. The van der Waals surface area contributed by atoms with Crippen LogP contribution in [-0.4, -0.2) is 9.97 Å². The fourth-order valence-electron chi connectivity index (χ4n) is 1.63. The predicted molar refractivity (Wildman–Crippen MR) is 63.5 cm³/mol. The summed E-state index contributed by atoms with van der Waals surface area (Å²) in [6.45, 7) is 0. The molecule has 4 heteroatoms. The SMILES string of the molecule is Nc1ncccc1C(N)Cc1ccncc1. The normalized spacial score (nSPS) is 12.3. The maximum absolute atomic E-state index is 6.09. The van der Waals surface area contributed by atoms with Crippen LogP contribution in [0.2, 0.25) is 0 Å². The maximum Gasteiger partial charge on any atom is 0.128 e. The summed E-state index contributed by atoms with van der Waals surface area (Å²) in [6.07, 6.45) is 5.92. The van der Waals surface area contributed by atoms with E-state index >= 15 is 0 Å². The summed E-state index contributed by atoms with van der Waals surface area (Å²) in [7, 11) is 0. The van der Waals surface area contributed by atoms with Gasteiger partial charge in [0, 0.05) is 30.2 Å². The predicted octanol–water partition coefficient (Wildman–Crippen LogP) is 1.30. The van der Waals surface area contributed by atoms with E-state index in [1.807, 2.05) is 24.3 Å². The van der Waals surface area contributed by atoms with Crippen LogP contribution in [0.15, 0.2) is 42.9 Å². The molecule has 4 N–H and O–H groups in total. The van der Waals surface area contributed by atoms with Crippen molar-refractivity contribution in [1.82, 2.24) is 9.97 Å². The van der Waals surface area contributed by atoms with Crippen LogP contribution in [0.25, 0.3) is 0 Å². The first kappa shape index (κ1) is 10.6. The van der Waals surface area contributed by atoms with Gasteiger partial charge in [-0.15, -0.1) is 0 Å². The molecule has 82 valence electrons. The summed E-state index contributed by atoms with van der Waals surface area (Å²) in [6, 6.07) is 7.53. The van der Waals surface area contributed by atoms with Crippen molar-refractivity contribution in [3.8, 4) is 0 Å². The van der Waals surface area contributed by atoms with Gasteiger partial charge in [0.25, 0.3) is 0 Å². The van der Waals surface area contributed by atoms with Gasteiger partial charge in [0.2, 0.25) is 0 Å². The molecule has 0 saturated carbocycles. The highest BCUT2D eigenvalue weighted by atomic mass is 14.8. The number of rotatable bonds is 3. The minimum atomic E-state index is -0.129. The second-order valence-corrected chi connectivity index (χ2v) is 3.64. The Morgan fingerprint density at radius 2 is 1.88 bits per heavy atom. The lowest BCUT2D eigenvalue weighted by molar-refractivity contribution is 0.720. The second kappa shape index (κ2) is 4.72. The van der Waals surface area contributed by atoms with Crippen molar-refractivity contribution in [2.45, 2.75) is 12.5 Å². The molecule has 0 bridgehead atoms. The van der Waals surface area contributed by atoms with Crippen LogP contribution in [0.1, 0.15) is 17.2 Å². The molecule has 2 aromatic heterocycles. The van der Waals surface area contributed by atoms with Gasteiger partial charge < -0.3 is 11.5 Å². The van der Waals surface area contributed by atoms with Gasteiger partial charge in [-0.1, -0.05) is 6.07 Å². The largest absolute Gasteiger partial charge is 0.383 e. The first-order chi connectivity index (χ1) is 7.77. The second-order valence-electron chi connectivity index (χ2n) is 3.64. The van der Waals surface area contributed by atoms with Gasteiger partial charge in [-0.3, -0.25) is 4.98 Å². The van der Waals surface area contributed by atoms with E-state index in [2.05, 4.69) is 9.97 Å². The van der Waals surface area contributed by atoms with Crippen molar-refractivity contribution in [3.05, 3.63) is 54.0 Å². The molecular weight excluding hydrogens is 200 g/mol. The summed E-state index contributed by atoms with van der Waals surface area (Å²) in [5.74, 6) is 0.504. The van der Waals surface area contributed by atoms with Crippen molar-refractivity contribution in [1.29, 1.82) is 0 Å². The Morgan fingerprint density at radius 1 is 1.12 bits per heavy atom. The molecule has 0 aliphatic heterocycles. The number of nitrogens with zero attached hydrogens (tertiary/aromatic N) is 2. The highest BCUT2D eigenvalue weighted by Crippen LogP contribution is 2.19. The Labute approximate surface area is 94.3 Å². The Morgan fingerprint density at radius 3 is 2.56 bits per heavy atom. The zero-order valence-electron chi connectivity index (χ0n) is 8.88. The third kappa shape index (κ3) is 2.35. The summed E-state index contributed by atoms with van der Waals surface area (Å²) >= 11 is 0. The van der Waals surface area contributed by atoms with E-state index in [9.17, 15) is 0 Å². The molecule has 0 saturated heterocycles. The third-order valence-electron chi connectivity index (χ3n) is 2.48. The molecule has 1 unspecified atom stereocenters. The number of aromatic nitrogens is 2. The highest BCUT2D eigenvalue weighted by Gasteiger charge is 2.10. The zero-order chi connectivity index (χ0) is 11.4. The molecule has 0 amide bonds. The lowest BCUT2D eigenvalue weighted by Gasteiger charge is -2.13. The standard InChI is InChI=1S/C12H14N4/c13-11(8-9-3-6-15-7-4-9)10-2-1-5-16-12(10)14/h1-7,11H,8,13H2,(H2,14,16). The number of nitrogens with two attached hydrogens (primary N) is 2. The molecule has 16 heavy (non-hydrogen) atoms. The molecular formula is C12H14N4. The molecule has 0 radical (unpaired) electrons. The summed E-state index contributed by atoms with van der Waals surface area (Å²) in [5.41, 5.74) is 13.9. The Bertz CT molecular complexity index is 456. The van der Waals surface area contributed by atoms with Crippen LogP contribution >= 0.6 is 0 Å². The van der Waals surface area contributed by atoms with Crippen molar-refractivity contribution in [2.24, 2.45) is 5.73 Å². The van der Waals surface area contributed by atoms with E-state index in [-0.39, 0.29) is 6.04 Å². The molecule has 1 atom stereocenters. The molecule has 4 nitrogen and oxygen atoms in total. The van der Waals surface area contributed by atoms with E-state index in [4.69, 9.17) is 11.5 Å². The number of anilines is 1. The summed E-state index contributed by atoms with van der Waals surface area (Å²) in [5, 5.41) is 0. The molecule has 0 aliphatic rings. The van der Waals surface area contributed by atoms with Gasteiger partial charge in [-0.05, 0) is 30.2 Å². The molecule has 2 heterocycles. The molecule has 0 aromatic carbocycles. The fraction of sp³-hybridized carbons (Fsp3) is 0.167. The van der Waals surface area contributed by atoms with Gasteiger partial charge in [-0.25, -0.2) is 4.98 Å². The lowest BCUT2D eigenvalue weighted by atomic mass is 10.0. The van der Waals surface area contributed by atoms with Crippen LogP contribution in [0.4, 0.5) is 5.82 Å². The van der Waals surface area contributed by atoms with Crippen molar-refractivity contribution >= 4 is 5.82 Å². The van der Waals surface area contributed by atoms with Crippen molar-refractivity contribution < 1.29 is 0 Å². The maximum atomic E-state index is 6.09. The minimum Gasteiger partial charge on any atom is -0.383 e. The highest BCUT2D eigenvalue weighted by molar-refractivity contribution is 5.41. The molecule has 0 aliphatic carbocycles. The van der Waals surface area contributed by atoms with E-state index in [1.54, 1.807) is 18.6 Å². The smallest absolute Gasteiger partial charge is 0.128 e. The third-order valence-corrected chi connectivity index (χ3v) is 2.48. The van der Waals surface area contributed by atoms with Gasteiger partial charge in [0.05, 0.1) is 0 Å². The Balaban J connectivity index is 2.15. The number of pyridine rings is 2. The van der Waals surface area contributed by atoms with E-state index in [0.29, 0.717) is 5.82 Å². The number of hydrogen-bond acceptors (Lipinski definition) is 4. The average Bonchev–Trinajstić information content (AvgIpc) is 2.31. The van der Waals surface area contributed by atoms with Crippen molar-refractivity contribution in [3.63, 3.8) is 0 Å². The average molecular weight is 214 g/mol. The van der Waals surface area contributed by atoms with E-state index in [0.717, 1.165) is 17.5 Å². The fourth-order valence-corrected chi connectivity index (χ4v) is 1.63. The Hall–Kier alpha value is -1.94. The van der Waals surface area contributed by atoms with Gasteiger partial charge in [0.1, 0.15) is 5.82 Å². The topological polar surface area (TPSA) is 77.8 Å². The van der Waals surface area contributed by atoms with Crippen LogP contribution < -0.4 is 11.5 Å². The summed E-state index contributed by atoms with van der Waals surface area (Å²) < 4.78 is 0. The first-order valence-corrected chi connectivity index (χ1v) is 5.12. The summed E-state index contributed by atoms with van der Waals surface area (Å²) in [4.78, 5) is 7.99. The van der Waals surface area contributed by atoms with Crippen LogP contribution in [-0.2, 0) is 6.42 Å². The van der Waals surface area contributed by atoms with Gasteiger partial charge in [0.15, 0.2) is 0 Å². The Kier molecular flexibility index (Phi) is 3.12. The van der Waals surface area contributed by atoms with E-state index in [1.165, 1.54) is 0 Å². The van der Waals surface area contributed by atoms with Crippen LogP contribution in [0.3, 0.4) is 0 Å². The molecule has 0 spiro atoms. The van der Waals surface area contributed by atoms with Gasteiger partial charge in [-0.2, -0.15) is 0 Å².